The zero-order chi connectivity index (χ0) is 12.1. The molecule has 1 unspecified atom stereocenters. The van der Waals surface area contributed by atoms with Gasteiger partial charge in [0.2, 0.25) is 0 Å². The third-order valence-electron chi connectivity index (χ3n) is 2.95. The van der Waals surface area contributed by atoms with E-state index >= 15 is 0 Å². The molecule has 17 heavy (non-hydrogen) atoms. The molecule has 1 aliphatic heterocycles. The largest absolute Gasteiger partial charge is 0.484 e. The number of hydrogen-bond donors (Lipinski definition) is 1. The fourth-order valence-electron chi connectivity index (χ4n) is 1.88. The Morgan fingerprint density at radius 3 is 2.82 bits per heavy atom. The van der Waals surface area contributed by atoms with Crippen LogP contribution in [0.15, 0.2) is 24.3 Å². The Bertz CT molecular complexity index is 357. The van der Waals surface area contributed by atoms with E-state index in [1.54, 1.807) is 0 Å². The van der Waals surface area contributed by atoms with Crippen LogP contribution in [0.2, 0.25) is 0 Å². The Hall–Kier alpha value is -1.26. The first kappa shape index (κ1) is 12.2. The lowest BCUT2D eigenvalue weighted by molar-refractivity contribution is -0.0157. The maximum absolute atomic E-state index is 5.89. The van der Waals surface area contributed by atoms with Gasteiger partial charge < -0.3 is 15.2 Å². The second-order valence-corrected chi connectivity index (χ2v) is 4.31. The quantitative estimate of drug-likeness (QED) is 0.786. The van der Waals surface area contributed by atoms with Gasteiger partial charge in [-0.1, -0.05) is 12.1 Å². The summed E-state index contributed by atoms with van der Waals surface area (Å²) in [6, 6.07) is 7.78. The summed E-state index contributed by atoms with van der Waals surface area (Å²) in [6.45, 7) is 2.31. The third kappa shape index (κ3) is 3.11. The minimum Gasteiger partial charge on any atom is -0.484 e. The highest BCUT2D eigenvalue weighted by Crippen LogP contribution is 2.31. The SMILES string of the molecule is CN(CCCCN)C1COc2ccccc2O1. The summed E-state index contributed by atoms with van der Waals surface area (Å²) in [7, 11) is 2.05. The molecule has 1 aromatic carbocycles. The van der Waals surface area contributed by atoms with E-state index in [1.807, 2.05) is 24.3 Å². The molecule has 0 amide bonds. The van der Waals surface area contributed by atoms with Crippen molar-refractivity contribution < 1.29 is 9.47 Å². The van der Waals surface area contributed by atoms with Crippen molar-refractivity contribution in [2.75, 3.05) is 26.7 Å². The molecule has 0 bridgehead atoms. The molecule has 0 aromatic heterocycles. The van der Waals surface area contributed by atoms with Crippen LogP contribution < -0.4 is 15.2 Å². The number of likely N-dealkylation sites (N-methyl/N-ethyl adjacent to an activating group) is 1. The zero-order valence-corrected chi connectivity index (χ0v) is 10.3. The van der Waals surface area contributed by atoms with Gasteiger partial charge in [0, 0.05) is 6.54 Å². The summed E-state index contributed by atoms with van der Waals surface area (Å²) < 4.78 is 11.6. The molecule has 0 radical (unpaired) electrons. The summed E-state index contributed by atoms with van der Waals surface area (Å²) in [5, 5.41) is 0. The van der Waals surface area contributed by atoms with Crippen LogP contribution in [0.4, 0.5) is 0 Å². The summed E-state index contributed by atoms with van der Waals surface area (Å²) in [5.41, 5.74) is 5.48. The van der Waals surface area contributed by atoms with E-state index in [9.17, 15) is 0 Å². The van der Waals surface area contributed by atoms with Crippen LogP contribution in [0, 0.1) is 0 Å². The van der Waals surface area contributed by atoms with E-state index in [-0.39, 0.29) is 6.23 Å². The molecular weight excluding hydrogens is 216 g/mol. The minimum atomic E-state index is 0.00248. The van der Waals surface area contributed by atoms with E-state index in [0.717, 1.165) is 37.4 Å². The average molecular weight is 236 g/mol. The van der Waals surface area contributed by atoms with Gasteiger partial charge in [-0.05, 0) is 38.6 Å². The molecule has 1 aliphatic rings. The van der Waals surface area contributed by atoms with Crippen molar-refractivity contribution in [2.45, 2.75) is 19.1 Å². The molecule has 0 saturated heterocycles. The minimum absolute atomic E-state index is 0.00248. The molecule has 94 valence electrons. The third-order valence-corrected chi connectivity index (χ3v) is 2.95. The van der Waals surface area contributed by atoms with Gasteiger partial charge in [0.1, 0.15) is 6.61 Å². The van der Waals surface area contributed by atoms with Crippen molar-refractivity contribution in [1.82, 2.24) is 4.90 Å². The van der Waals surface area contributed by atoms with Crippen molar-refractivity contribution in [3.63, 3.8) is 0 Å². The Morgan fingerprint density at radius 2 is 2.06 bits per heavy atom. The molecule has 1 atom stereocenters. The lowest BCUT2D eigenvalue weighted by Gasteiger charge is -2.32. The smallest absolute Gasteiger partial charge is 0.186 e. The standard InChI is InChI=1S/C13H20N2O2/c1-15(9-5-4-8-14)13-10-16-11-6-2-3-7-12(11)17-13/h2-3,6-7,13H,4-5,8-10,14H2,1H3. The number of benzene rings is 1. The number of unbranched alkanes of at least 4 members (excludes halogenated alkanes) is 1. The van der Waals surface area contributed by atoms with E-state index in [2.05, 4.69) is 11.9 Å². The summed E-state index contributed by atoms with van der Waals surface area (Å²) >= 11 is 0. The number of para-hydroxylation sites is 2. The van der Waals surface area contributed by atoms with Crippen molar-refractivity contribution in [3.8, 4) is 11.5 Å². The lowest BCUT2D eigenvalue weighted by atomic mass is 10.2. The molecular formula is C13H20N2O2. The fourth-order valence-corrected chi connectivity index (χ4v) is 1.88. The van der Waals surface area contributed by atoms with E-state index in [1.165, 1.54) is 0 Å². The van der Waals surface area contributed by atoms with Crippen LogP contribution in [0.25, 0.3) is 0 Å². The molecule has 0 fully saturated rings. The second-order valence-electron chi connectivity index (χ2n) is 4.31. The molecule has 2 N–H and O–H groups in total. The van der Waals surface area contributed by atoms with Crippen molar-refractivity contribution in [3.05, 3.63) is 24.3 Å². The zero-order valence-electron chi connectivity index (χ0n) is 10.3. The van der Waals surface area contributed by atoms with E-state index in [4.69, 9.17) is 15.2 Å². The van der Waals surface area contributed by atoms with E-state index in [0.29, 0.717) is 6.61 Å². The van der Waals surface area contributed by atoms with Gasteiger partial charge in [-0.25, -0.2) is 0 Å². The van der Waals surface area contributed by atoms with Crippen LogP contribution in [0.3, 0.4) is 0 Å². The number of ether oxygens (including phenoxy) is 2. The monoisotopic (exact) mass is 236 g/mol. The van der Waals surface area contributed by atoms with Gasteiger partial charge >= 0.3 is 0 Å². The molecule has 0 saturated carbocycles. The average Bonchev–Trinajstić information content (AvgIpc) is 2.38. The summed E-state index contributed by atoms with van der Waals surface area (Å²) in [6.07, 6.45) is 2.14. The van der Waals surface area contributed by atoms with Gasteiger partial charge in [0.25, 0.3) is 0 Å². The predicted molar refractivity (Wildman–Crippen MR) is 67.3 cm³/mol. The maximum Gasteiger partial charge on any atom is 0.186 e. The Morgan fingerprint density at radius 1 is 1.29 bits per heavy atom. The topological polar surface area (TPSA) is 47.7 Å². The van der Waals surface area contributed by atoms with Crippen LogP contribution in [-0.2, 0) is 0 Å². The maximum atomic E-state index is 5.89. The molecule has 4 nitrogen and oxygen atoms in total. The molecule has 4 heteroatoms. The van der Waals surface area contributed by atoms with Gasteiger partial charge in [0.05, 0.1) is 0 Å². The van der Waals surface area contributed by atoms with Crippen molar-refractivity contribution in [1.29, 1.82) is 0 Å². The number of nitrogens with zero attached hydrogens (tertiary/aromatic N) is 1. The van der Waals surface area contributed by atoms with Gasteiger partial charge in [-0.15, -0.1) is 0 Å². The number of hydrogen-bond acceptors (Lipinski definition) is 4. The van der Waals surface area contributed by atoms with Crippen molar-refractivity contribution in [2.24, 2.45) is 5.73 Å². The first-order valence-electron chi connectivity index (χ1n) is 6.10. The number of nitrogens with two attached hydrogens (primary N) is 1. The normalized spacial score (nSPS) is 18.4. The number of rotatable bonds is 5. The van der Waals surface area contributed by atoms with Crippen LogP contribution in [0.5, 0.6) is 11.5 Å². The van der Waals surface area contributed by atoms with Crippen LogP contribution >= 0.6 is 0 Å². The van der Waals surface area contributed by atoms with Gasteiger partial charge in [0.15, 0.2) is 17.7 Å². The van der Waals surface area contributed by atoms with E-state index < -0.39 is 0 Å². The predicted octanol–water partition coefficient (Wildman–Crippen LogP) is 1.45. The first-order valence-corrected chi connectivity index (χ1v) is 6.10. The highest BCUT2D eigenvalue weighted by atomic mass is 16.6. The van der Waals surface area contributed by atoms with Gasteiger partial charge in [-0.3, -0.25) is 4.90 Å². The number of fused-ring (bicyclic) bond motifs is 1. The lowest BCUT2D eigenvalue weighted by Crippen LogP contribution is -2.43. The molecule has 1 aromatic rings. The summed E-state index contributed by atoms with van der Waals surface area (Å²) in [4.78, 5) is 2.17. The van der Waals surface area contributed by atoms with Gasteiger partial charge in [-0.2, -0.15) is 0 Å². The molecule has 0 aliphatic carbocycles. The fraction of sp³-hybridized carbons (Fsp3) is 0.538. The first-order chi connectivity index (χ1) is 8.31. The second kappa shape index (κ2) is 5.89. The molecule has 1 heterocycles. The van der Waals surface area contributed by atoms with Crippen LogP contribution in [-0.4, -0.2) is 37.9 Å². The van der Waals surface area contributed by atoms with Crippen LogP contribution in [0.1, 0.15) is 12.8 Å². The molecule has 2 rings (SSSR count). The van der Waals surface area contributed by atoms with Crippen molar-refractivity contribution >= 4 is 0 Å². The summed E-state index contributed by atoms with van der Waals surface area (Å²) in [5.74, 6) is 1.66. The highest BCUT2D eigenvalue weighted by molar-refractivity contribution is 5.40. The highest BCUT2D eigenvalue weighted by Gasteiger charge is 2.23. The Labute approximate surface area is 102 Å². The Kier molecular flexibility index (Phi) is 4.23. The Balaban J connectivity index is 1.88. The molecule has 0 spiro atoms.